The molecule has 2 rings (SSSR count). The molecule has 0 heterocycles. The van der Waals surface area contributed by atoms with Gasteiger partial charge in [-0.15, -0.1) is 0 Å². The minimum Gasteiger partial charge on any atom is -0.508 e. The van der Waals surface area contributed by atoms with Gasteiger partial charge in [-0.1, -0.05) is 11.6 Å². The van der Waals surface area contributed by atoms with Crippen LogP contribution in [0.4, 0.5) is 17.1 Å². The third-order valence-electron chi connectivity index (χ3n) is 2.68. The molecule has 21 heavy (non-hydrogen) atoms. The number of halogens is 1. The molecule has 0 unspecified atom stereocenters. The first kappa shape index (κ1) is 14.6. The molecule has 0 radical (unpaired) electrons. The zero-order valence-corrected chi connectivity index (χ0v) is 11.3. The highest BCUT2D eigenvalue weighted by molar-refractivity contribution is 6.33. The molecular formula is C13H10ClN3O4. The van der Waals surface area contributed by atoms with E-state index in [-0.39, 0.29) is 22.7 Å². The summed E-state index contributed by atoms with van der Waals surface area (Å²) in [6.07, 6.45) is 0. The molecule has 0 aliphatic rings. The number of hydrogen-bond acceptors (Lipinski definition) is 5. The third-order valence-corrected chi connectivity index (χ3v) is 3.03. The number of nitrogens with two attached hydrogens (primary N) is 1. The Morgan fingerprint density at radius 1 is 1.29 bits per heavy atom. The number of anilines is 2. The number of benzene rings is 2. The van der Waals surface area contributed by atoms with Crippen LogP contribution in [0.1, 0.15) is 10.4 Å². The molecular weight excluding hydrogens is 298 g/mol. The Balaban J connectivity index is 2.31. The number of phenolic OH excluding ortho intramolecular Hbond substituents is 1. The van der Waals surface area contributed by atoms with Crippen molar-refractivity contribution in [1.29, 1.82) is 0 Å². The van der Waals surface area contributed by atoms with E-state index < -0.39 is 16.5 Å². The van der Waals surface area contributed by atoms with Crippen LogP contribution < -0.4 is 11.1 Å². The molecule has 1 amide bonds. The van der Waals surface area contributed by atoms with Gasteiger partial charge in [-0.25, -0.2) is 0 Å². The highest BCUT2D eigenvalue weighted by atomic mass is 35.5. The average molecular weight is 308 g/mol. The minimum absolute atomic E-state index is 0.0312. The van der Waals surface area contributed by atoms with Crippen molar-refractivity contribution in [3.05, 3.63) is 57.1 Å². The Hall–Kier alpha value is -2.80. The number of hydrogen-bond donors (Lipinski definition) is 3. The van der Waals surface area contributed by atoms with Crippen molar-refractivity contribution in [2.24, 2.45) is 0 Å². The molecule has 0 saturated heterocycles. The fourth-order valence-corrected chi connectivity index (χ4v) is 1.77. The van der Waals surface area contributed by atoms with Crippen LogP contribution in [0.15, 0.2) is 36.4 Å². The Morgan fingerprint density at radius 3 is 2.62 bits per heavy atom. The summed E-state index contributed by atoms with van der Waals surface area (Å²) >= 11 is 5.76. The fourth-order valence-electron chi connectivity index (χ4n) is 1.66. The second kappa shape index (κ2) is 5.68. The van der Waals surface area contributed by atoms with Gasteiger partial charge in [0.25, 0.3) is 11.6 Å². The van der Waals surface area contributed by atoms with Crippen LogP contribution in [0.25, 0.3) is 0 Å². The van der Waals surface area contributed by atoms with Crippen LogP contribution in [-0.2, 0) is 0 Å². The first-order valence-corrected chi connectivity index (χ1v) is 6.10. The maximum atomic E-state index is 12.0. The van der Waals surface area contributed by atoms with Crippen LogP contribution >= 0.6 is 11.6 Å². The summed E-state index contributed by atoms with van der Waals surface area (Å²) in [5.41, 5.74) is 5.59. The lowest BCUT2D eigenvalue weighted by atomic mass is 10.1. The molecule has 0 atom stereocenters. The lowest BCUT2D eigenvalue weighted by molar-refractivity contribution is -0.384. The lowest BCUT2D eigenvalue weighted by Crippen LogP contribution is -2.13. The Morgan fingerprint density at radius 2 is 2.00 bits per heavy atom. The molecule has 0 spiro atoms. The van der Waals surface area contributed by atoms with Gasteiger partial charge in [0.15, 0.2) is 0 Å². The van der Waals surface area contributed by atoms with Gasteiger partial charge in [-0.2, -0.15) is 0 Å². The van der Waals surface area contributed by atoms with Crippen LogP contribution in [-0.4, -0.2) is 15.9 Å². The van der Waals surface area contributed by atoms with Crippen molar-refractivity contribution in [3.8, 4) is 5.75 Å². The predicted octanol–water partition coefficient (Wildman–Crippen LogP) is 2.79. The zero-order valence-electron chi connectivity index (χ0n) is 10.5. The monoisotopic (exact) mass is 307 g/mol. The summed E-state index contributed by atoms with van der Waals surface area (Å²) in [4.78, 5) is 22.2. The number of amides is 1. The molecule has 2 aromatic rings. The summed E-state index contributed by atoms with van der Waals surface area (Å²) in [5.74, 6) is -0.845. The number of carbonyl (C=O) groups excluding carboxylic acids is 1. The van der Waals surface area contributed by atoms with E-state index in [4.69, 9.17) is 17.3 Å². The lowest BCUT2D eigenvalue weighted by Gasteiger charge is -2.07. The number of aromatic hydroxyl groups is 1. The van der Waals surface area contributed by atoms with E-state index in [0.717, 1.165) is 6.07 Å². The highest BCUT2D eigenvalue weighted by Crippen LogP contribution is 2.29. The maximum Gasteiger partial charge on any atom is 0.296 e. The van der Waals surface area contributed by atoms with Crippen LogP contribution in [0.5, 0.6) is 5.75 Å². The first-order chi connectivity index (χ1) is 9.88. The largest absolute Gasteiger partial charge is 0.508 e. The Labute approximate surface area is 124 Å². The number of nitrogens with zero attached hydrogens (tertiary/aromatic N) is 1. The summed E-state index contributed by atoms with van der Waals surface area (Å²) in [7, 11) is 0. The number of nitro groups is 1. The minimum atomic E-state index is -0.703. The molecule has 4 N–H and O–H groups in total. The Bertz CT molecular complexity index is 733. The van der Waals surface area contributed by atoms with Gasteiger partial charge >= 0.3 is 0 Å². The van der Waals surface area contributed by atoms with E-state index in [1.807, 2.05) is 0 Å². The SMILES string of the molecule is Nc1cc(C(=O)Nc2ccc(O)cc2[N+](=O)[O-])ccc1Cl. The quantitative estimate of drug-likeness (QED) is 0.349. The van der Waals surface area contributed by atoms with Crippen molar-refractivity contribution in [3.63, 3.8) is 0 Å². The normalized spacial score (nSPS) is 10.1. The van der Waals surface area contributed by atoms with Crippen LogP contribution in [0.2, 0.25) is 5.02 Å². The molecule has 0 aromatic heterocycles. The van der Waals surface area contributed by atoms with Gasteiger partial charge in [-0.3, -0.25) is 14.9 Å². The van der Waals surface area contributed by atoms with E-state index in [1.54, 1.807) is 0 Å². The predicted molar refractivity (Wildman–Crippen MR) is 78.6 cm³/mol. The molecule has 0 saturated carbocycles. The van der Waals surface area contributed by atoms with E-state index in [2.05, 4.69) is 5.32 Å². The Kier molecular flexibility index (Phi) is 3.95. The average Bonchev–Trinajstić information content (AvgIpc) is 2.43. The number of nitrogens with one attached hydrogen (secondary N) is 1. The molecule has 0 aliphatic carbocycles. The number of nitro benzene ring substituents is 1. The second-order valence-corrected chi connectivity index (χ2v) is 4.56. The van der Waals surface area contributed by atoms with Crippen molar-refractivity contribution >= 4 is 34.6 Å². The third kappa shape index (κ3) is 3.21. The molecule has 0 fully saturated rings. The number of nitrogen functional groups attached to an aromatic ring is 1. The van der Waals surface area contributed by atoms with Gasteiger partial charge in [0.2, 0.25) is 0 Å². The van der Waals surface area contributed by atoms with E-state index in [1.165, 1.54) is 30.3 Å². The van der Waals surface area contributed by atoms with Gasteiger partial charge in [-0.05, 0) is 30.3 Å². The molecule has 7 nitrogen and oxygen atoms in total. The number of phenols is 1. The molecule has 0 aliphatic heterocycles. The van der Waals surface area contributed by atoms with E-state index in [9.17, 15) is 20.0 Å². The molecule has 108 valence electrons. The van der Waals surface area contributed by atoms with Gasteiger partial charge < -0.3 is 16.2 Å². The van der Waals surface area contributed by atoms with Crippen LogP contribution in [0.3, 0.4) is 0 Å². The summed E-state index contributed by atoms with van der Waals surface area (Å²) in [6, 6.07) is 7.69. The fraction of sp³-hybridized carbons (Fsp3) is 0. The van der Waals surface area contributed by atoms with Gasteiger partial charge in [0.05, 0.1) is 21.7 Å². The second-order valence-electron chi connectivity index (χ2n) is 4.15. The smallest absolute Gasteiger partial charge is 0.296 e. The van der Waals surface area contributed by atoms with E-state index >= 15 is 0 Å². The van der Waals surface area contributed by atoms with Gasteiger partial charge in [0.1, 0.15) is 11.4 Å². The molecule has 2 aromatic carbocycles. The number of rotatable bonds is 3. The molecule has 0 bridgehead atoms. The van der Waals surface area contributed by atoms with Crippen molar-refractivity contribution in [2.45, 2.75) is 0 Å². The van der Waals surface area contributed by atoms with Crippen molar-refractivity contribution in [2.75, 3.05) is 11.1 Å². The summed E-state index contributed by atoms with van der Waals surface area (Å²) < 4.78 is 0. The number of carbonyl (C=O) groups is 1. The van der Waals surface area contributed by atoms with E-state index in [0.29, 0.717) is 5.02 Å². The first-order valence-electron chi connectivity index (χ1n) is 5.72. The molecule has 8 heteroatoms. The summed E-state index contributed by atoms with van der Waals surface area (Å²) in [5, 5.41) is 22.9. The summed E-state index contributed by atoms with van der Waals surface area (Å²) in [6.45, 7) is 0. The van der Waals surface area contributed by atoms with Crippen molar-refractivity contribution < 1.29 is 14.8 Å². The van der Waals surface area contributed by atoms with Gasteiger partial charge in [0, 0.05) is 5.56 Å². The maximum absolute atomic E-state index is 12.0. The highest BCUT2D eigenvalue weighted by Gasteiger charge is 2.17. The zero-order chi connectivity index (χ0) is 15.6. The van der Waals surface area contributed by atoms with Crippen LogP contribution in [0, 0.1) is 10.1 Å². The topological polar surface area (TPSA) is 118 Å². The van der Waals surface area contributed by atoms with Crippen molar-refractivity contribution in [1.82, 2.24) is 0 Å². The standard InChI is InChI=1S/C13H10ClN3O4/c14-9-3-1-7(5-10(9)15)13(19)16-11-4-2-8(18)6-12(11)17(20)21/h1-6,18H,15H2,(H,16,19).